The molecule has 2 aromatic heterocycles. The van der Waals surface area contributed by atoms with Crippen LogP contribution in [0.15, 0.2) is 85.2 Å². The number of aromatic nitrogens is 2. The molecule has 0 spiro atoms. The molecule has 0 saturated carbocycles. The zero-order valence-electron chi connectivity index (χ0n) is 20.6. The Morgan fingerprint density at radius 3 is 2.57 bits per heavy atom. The van der Waals surface area contributed by atoms with Gasteiger partial charge in [0, 0.05) is 29.8 Å². The van der Waals surface area contributed by atoms with Gasteiger partial charge in [0.05, 0.1) is 44.3 Å². The molecule has 0 aliphatic carbocycles. The van der Waals surface area contributed by atoms with E-state index in [1.54, 1.807) is 26.5 Å². The Labute approximate surface area is 220 Å². The Hall–Kier alpha value is -4.37. The van der Waals surface area contributed by atoms with Crippen LogP contribution in [0.5, 0.6) is 11.5 Å². The van der Waals surface area contributed by atoms with Crippen molar-refractivity contribution in [2.24, 2.45) is 0 Å². The van der Waals surface area contributed by atoms with Gasteiger partial charge in [0.15, 0.2) is 5.11 Å². The molecule has 4 aromatic rings. The molecule has 1 aliphatic heterocycles. The molecule has 2 atom stereocenters. The molecule has 0 unspecified atom stereocenters. The minimum absolute atomic E-state index is 0.252. The number of methoxy groups -OCH3 is 3. The van der Waals surface area contributed by atoms with Crippen LogP contribution in [0.2, 0.25) is 0 Å². The molecule has 0 radical (unpaired) electrons. The normalized spacial score (nSPS) is 16.8. The molecule has 1 N–H and O–H groups in total. The quantitative estimate of drug-likeness (QED) is 0.277. The number of pyridine rings is 1. The minimum Gasteiger partial charge on any atom is -0.497 e. The van der Waals surface area contributed by atoms with E-state index in [9.17, 15) is 4.79 Å². The van der Waals surface area contributed by atoms with E-state index in [4.69, 9.17) is 26.4 Å². The largest absolute Gasteiger partial charge is 0.497 e. The summed E-state index contributed by atoms with van der Waals surface area (Å²) < 4.78 is 18.1. The van der Waals surface area contributed by atoms with E-state index < -0.39 is 5.97 Å². The Bertz CT molecular complexity index is 1440. The molecule has 2 aromatic carbocycles. The average Bonchev–Trinajstić information content (AvgIpc) is 3.57. The number of carbonyl (C=O) groups excluding carboxylic acids is 1. The first-order chi connectivity index (χ1) is 18.0. The maximum Gasteiger partial charge on any atom is 0.337 e. The smallest absolute Gasteiger partial charge is 0.337 e. The predicted octanol–water partition coefficient (Wildman–Crippen LogP) is 4.85. The van der Waals surface area contributed by atoms with E-state index in [2.05, 4.69) is 10.3 Å². The second-order valence-electron chi connectivity index (χ2n) is 8.38. The van der Waals surface area contributed by atoms with Gasteiger partial charge in [-0.05, 0) is 66.8 Å². The van der Waals surface area contributed by atoms with Crippen LogP contribution in [0, 0.1) is 0 Å². The second-order valence-corrected chi connectivity index (χ2v) is 8.77. The van der Waals surface area contributed by atoms with Gasteiger partial charge in [-0.2, -0.15) is 0 Å². The lowest BCUT2D eigenvalue weighted by molar-refractivity contribution is 0.0600. The molecule has 37 heavy (non-hydrogen) atoms. The molecule has 188 valence electrons. The van der Waals surface area contributed by atoms with Gasteiger partial charge in [0.2, 0.25) is 0 Å². The molecule has 9 heteroatoms. The first-order valence-electron chi connectivity index (χ1n) is 11.6. The summed E-state index contributed by atoms with van der Waals surface area (Å²) in [7, 11) is 4.61. The molecule has 1 saturated heterocycles. The van der Waals surface area contributed by atoms with Crippen molar-refractivity contribution in [1.82, 2.24) is 14.9 Å². The number of carbonyl (C=O) groups is 1. The van der Waals surface area contributed by atoms with Gasteiger partial charge in [-0.3, -0.25) is 4.98 Å². The topological polar surface area (TPSA) is 77.9 Å². The number of esters is 1. The van der Waals surface area contributed by atoms with Crippen LogP contribution in [0.3, 0.4) is 0 Å². The first kappa shape index (κ1) is 24.3. The summed E-state index contributed by atoms with van der Waals surface area (Å²) in [6.07, 6.45) is 3.73. The third kappa shape index (κ3) is 4.49. The lowest BCUT2D eigenvalue weighted by Gasteiger charge is -2.30. The minimum atomic E-state index is -0.393. The summed E-state index contributed by atoms with van der Waals surface area (Å²) in [5.74, 6) is 0.913. The van der Waals surface area contributed by atoms with Crippen LogP contribution in [-0.4, -0.2) is 42.0 Å². The Morgan fingerprint density at radius 1 is 0.973 bits per heavy atom. The molecular weight excluding hydrogens is 488 g/mol. The van der Waals surface area contributed by atoms with E-state index in [0.29, 0.717) is 22.2 Å². The van der Waals surface area contributed by atoms with Crippen LogP contribution < -0.4 is 19.7 Å². The number of nitrogens with zero attached hydrogens (tertiary/aromatic N) is 3. The standard InChI is InChI=1S/C28H26N4O4S/c1-34-20-12-13-22(24(17-20)35-2)32-26(25(30-28(32)37)21-10-4-5-14-29-21)23-11-7-15-31(23)19-9-6-8-18(16-19)27(33)36-3/h4-17,25-26H,1-3H3,(H,30,37)/t25-,26+/m0/s1. The molecule has 1 fully saturated rings. The molecule has 0 bridgehead atoms. The van der Waals surface area contributed by atoms with E-state index in [1.807, 2.05) is 82.4 Å². The first-order valence-corrected chi connectivity index (χ1v) is 12.0. The van der Waals surface area contributed by atoms with E-state index in [1.165, 1.54) is 7.11 Å². The maximum atomic E-state index is 12.2. The number of anilines is 1. The summed E-state index contributed by atoms with van der Waals surface area (Å²) in [6, 6.07) is 22.3. The van der Waals surface area contributed by atoms with E-state index in [0.717, 1.165) is 22.8 Å². The van der Waals surface area contributed by atoms with Crippen molar-refractivity contribution in [2.75, 3.05) is 26.2 Å². The second kappa shape index (κ2) is 10.3. The van der Waals surface area contributed by atoms with E-state index in [-0.39, 0.29) is 12.1 Å². The number of benzene rings is 2. The number of ether oxygens (including phenoxy) is 3. The van der Waals surface area contributed by atoms with E-state index >= 15 is 0 Å². The summed E-state index contributed by atoms with van der Waals surface area (Å²) in [6.45, 7) is 0. The van der Waals surface area contributed by atoms with Crippen LogP contribution >= 0.6 is 12.2 Å². The monoisotopic (exact) mass is 514 g/mol. The van der Waals surface area contributed by atoms with Crippen molar-refractivity contribution in [2.45, 2.75) is 12.1 Å². The van der Waals surface area contributed by atoms with Gasteiger partial charge in [-0.25, -0.2) is 4.79 Å². The third-order valence-corrected chi connectivity index (χ3v) is 6.69. The summed E-state index contributed by atoms with van der Waals surface area (Å²) in [5, 5.41) is 4.02. The third-order valence-electron chi connectivity index (χ3n) is 6.37. The van der Waals surface area contributed by atoms with Crippen molar-refractivity contribution >= 4 is 29.0 Å². The molecular formula is C28H26N4O4S. The van der Waals surface area contributed by atoms with Gasteiger partial charge in [0.25, 0.3) is 0 Å². The van der Waals surface area contributed by atoms with Crippen LogP contribution in [0.1, 0.15) is 33.8 Å². The molecule has 0 amide bonds. The van der Waals surface area contributed by atoms with Gasteiger partial charge in [0.1, 0.15) is 17.5 Å². The molecule has 5 rings (SSSR count). The fourth-order valence-electron chi connectivity index (χ4n) is 4.67. The predicted molar refractivity (Wildman–Crippen MR) is 145 cm³/mol. The zero-order chi connectivity index (χ0) is 25.9. The van der Waals surface area contributed by atoms with Gasteiger partial charge >= 0.3 is 5.97 Å². The Morgan fingerprint density at radius 2 is 1.84 bits per heavy atom. The highest BCUT2D eigenvalue weighted by Gasteiger charge is 2.43. The average molecular weight is 515 g/mol. The van der Waals surface area contributed by atoms with Crippen LogP contribution in [0.25, 0.3) is 5.69 Å². The number of rotatable bonds is 7. The lowest BCUT2D eigenvalue weighted by Crippen LogP contribution is -2.30. The van der Waals surface area contributed by atoms with Gasteiger partial charge in [-0.1, -0.05) is 12.1 Å². The highest BCUT2D eigenvalue weighted by Crippen LogP contribution is 2.45. The number of hydrogen-bond donors (Lipinski definition) is 1. The zero-order valence-corrected chi connectivity index (χ0v) is 21.4. The fraction of sp³-hybridized carbons (Fsp3) is 0.179. The van der Waals surface area contributed by atoms with Gasteiger partial charge < -0.3 is 29.0 Å². The highest BCUT2D eigenvalue weighted by molar-refractivity contribution is 7.80. The molecule has 8 nitrogen and oxygen atoms in total. The van der Waals surface area contributed by atoms with Crippen molar-refractivity contribution < 1.29 is 19.0 Å². The fourth-order valence-corrected chi connectivity index (χ4v) is 5.01. The van der Waals surface area contributed by atoms with Crippen molar-refractivity contribution in [1.29, 1.82) is 0 Å². The maximum absolute atomic E-state index is 12.2. The molecule has 1 aliphatic rings. The van der Waals surface area contributed by atoms with Crippen molar-refractivity contribution in [3.8, 4) is 17.2 Å². The molecule has 3 heterocycles. The summed E-state index contributed by atoms with van der Waals surface area (Å²) in [4.78, 5) is 18.9. The highest BCUT2D eigenvalue weighted by atomic mass is 32.1. The summed E-state index contributed by atoms with van der Waals surface area (Å²) in [5.41, 5.74) is 3.88. The number of hydrogen-bond acceptors (Lipinski definition) is 6. The SMILES string of the molecule is COC(=O)c1cccc(-n2cccc2[C@@H]2[C@H](c3ccccn3)NC(=S)N2c2ccc(OC)cc2OC)c1. The van der Waals surface area contributed by atoms with Crippen LogP contribution in [-0.2, 0) is 4.74 Å². The number of thiocarbonyl (C=S) groups is 1. The Kier molecular flexibility index (Phi) is 6.78. The Balaban J connectivity index is 1.67. The van der Waals surface area contributed by atoms with Crippen molar-refractivity contribution in [3.63, 3.8) is 0 Å². The lowest BCUT2D eigenvalue weighted by atomic mass is 10.0. The number of nitrogens with one attached hydrogen (secondary N) is 1. The van der Waals surface area contributed by atoms with Crippen LogP contribution in [0.4, 0.5) is 5.69 Å². The van der Waals surface area contributed by atoms with Crippen molar-refractivity contribution in [3.05, 3.63) is 102 Å². The summed E-state index contributed by atoms with van der Waals surface area (Å²) >= 11 is 5.88. The van der Waals surface area contributed by atoms with Gasteiger partial charge in [-0.15, -0.1) is 0 Å².